The predicted molar refractivity (Wildman–Crippen MR) is 127 cm³/mol. The van der Waals surface area contributed by atoms with Gasteiger partial charge in [-0.2, -0.15) is 4.98 Å². The summed E-state index contributed by atoms with van der Waals surface area (Å²) in [4.78, 5) is 25.4. The van der Waals surface area contributed by atoms with E-state index in [1.165, 1.54) is 12.1 Å². The molecule has 180 valence electrons. The van der Waals surface area contributed by atoms with Gasteiger partial charge in [0, 0.05) is 12.0 Å². The zero-order valence-electron chi connectivity index (χ0n) is 18.5. The number of para-hydroxylation sites is 1. The Bertz CT molecular complexity index is 1190. The van der Waals surface area contributed by atoms with E-state index >= 15 is 0 Å². The topological polar surface area (TPSA) is 131 Å². The normalized spacial score (nSPS) is 24.9. The number of aliphatic hydroxyl groups is 1. The number of aromatic nitrogens is 4. The van der Waals surface area contributed by atoms with E-state index in [1.54, 1.807) is 12.3 Å². The van der Waals surface area contributed by atoms with E-state index in [-0.39, 0.29) is 34.6 Å². The molecule has 0 radical (unpaired) electrons. The number of halogens is 2. The molecule has 9 nitrogen and oxygen atoms in total. The van der Waals surface area contributed by atoms with Crippen molar-refractivity contribution >= 4 is 46.3 Å². The van der Waals surface area contributed by atoms with Crippen LogP contribution < -0.4 is 16.4 Å². The molecule has 34 heavy (non-hydrogen) atoms. The summed E-state index contributed by atoms with van der Waals surface area (Å²) in [6.07, 6.45) is 6.43. The molecule has 0 bridgehead atoms. The number of nitrogens with zero attached hydrogens (tertiary/aromatic N) is 4. The maximum absolute atomic E-state index is 14.5. The second kappa shape index (κ2) is 9.34. The monoisotopic (exact) mass is 487 g/mol. The summed E-state index contributed by atoms with van der Waals surface area (Å²) in [6.45, 7) is 0. The van der Waals surface area contributed by atoms with Crippen molar-refractivity contribution in [3.63, 3.8) is 0 Å². The van der Waals surface area contributed by atoms with E-state index in [1.807, 2.05) is 4.57 Å². The SMILES string of the molecule is NC(=O)C1CCC(n2c(Nc3c(F)cccc3Cl)nc3cnc(N[C@@H]4CCC[C@H]4O)nc32)CC1. The van der Waals surface area contributed by atoms with Gasteiger partial charge >= 0.3 is 0 Å². The van der Waals surface area contributed by atoms with E-state index in [2.05, 4.69) is 20.6 Å². The lowest BCUT2D eigenvalue weighted by molar-refractivity contribution is -0.122. The van der Waals surface area contributed by atoms with Crippen molar-refractivity contribution in [1.29, 1.82) is 0 Å². The first-order valence-electron chi connectivity index (χ1n) is 11.6. The van der Waals surface area contributed by atoms with Crippen molar-refractivity contribution in [2.24, 2.45) is 11.7 Å². The molecule has 2 aliphatic carbocycles. The summed E-state index contributed by atoms with van der Waals surface area (Å²) in [5.74, 6) is -0.126. The lowest BCUT2D eigenvalue weighted by atomic mass is 9.85. The van der Waals surface area contributed by atoms with Crippen LogP contribution in [0.3, 0.4) is 0 Å². The van der Waals surface area contributed by atoms with Crippen LogP contribution in [0.15, 0.2) is 24.4 Å². The highest BCUT2D eigenvalue weighted by atomic mass is 35.5. The van der Waals surface area contributed by atoms with Crippen molar-refractivity contribution in [3.05, 3.63) is 35.2 Å². The molecule has 2 saturated carbocycles. The smallest absolute Gasteiger partial charge is 0.225 e. The fourth-order valence-corrected chi connectivity index (χ4v) is 5.23. The van der Waals surface area contributed by atoms with Gasteiger partial charge in [0.05, 0.1) is 29.1 Å². The fourth-order valence-electron chi connectivity index (χ4n) is 5.02. The van der Waals surface area contributed by atoms with Crippen LogP contribution in [-0.2, 0) is 4.79 Å². The summed E-state index contributed by atoms with van der Waals surface area (Å²) in [5, 5.41) is 16.7. The molecular formula is C23H27ClFN7O2. The fraction of sp³-hybridized carbons (Fsp3) is 0.478. The van der Waals surface area contributed by atoms with Crippen LogP contribution in [0.2, 0.25) is 5.02 Å². The molecule has 2 aliphatic rings. The van der Waals surface area contributed by atoms with E-state index in [0.29, 0.717) is 48.7 Å². The van der Waals surface area contributed by atoms with Gasteiger partial charge in [0.2, 0.25) is 17.8 Å². The number of carbonyl (C=O) groups excluding carboxylic acids is 1. The molecule has 0 aliphatic heterocycles. The van der Waals surface area contributed by atoms with Gasteiger partial charge in [-0.05, 0) is 57.1 Å². The summed E-state index contributed by atoms with van der Waals surface area (Å²) in [5.41, 5.74) is 6.78. The van der Waals surface area contributed by atoms with Gasteiger partial charge in [0.25, 0.3) is 0 Å². The zero-order valence-corrected chi connectivity index (χ0v) is 19.3. The molecule has 0 spiro atoms. The standard InChI is InChI=1S/C23H27ClFN7O2/c24-14-3-1-4-15(25)19(14)30-23-29-17-11-27-22(28-16-5-2-6-18(16)33)31-21(17)32(23)13-9-7-12(8-10-13)20(26)34/h1,3-4,11-13,16,18,33H,2,5-10H2,(H2,26,34)(H,29,30)(H,27,28,31)/t12?,13?,16-,18-/m1/s1. The van der Waals surface area contributed by atoms with Gasteiger partial charge in [0.1, 0.15) is 11.3 Å². The number of nitrogens with one attached hydrogen (secondary N) is 2. The highest BCUT2D eigenvalue weighted by Crippen LogP contribution is 2.38. The number of amides is 1. The Morgan fingerprint density at radius 3 is 2.65 bits per heavy atom. The molecular weight excluding hydrogens is 461 g/mol. The zero-order chi connectivity index (χ0) is 23.8. The minimum atomic E-state index is -0.493. The third-order valence-electron chi connectivity index (χ3n) is 6.89. The number of benzene rings is 1. The molecule has 2 fully saturated rings. The van der Waals surface area contributed by atoms with Gasteiger partial charge in [-0.3, -0.25) is 9.36 Å². The number of nitrogens with two attached hydrogens (primary N) is 1. The Morgan fingerprint density at radius 1 is 1.18 bits per heavy atom. The van der Waals surface area contributed by atoms with E-state index in [9.17, 15) is 14.3 Å². The Morgan fingerprint density at radius 2 is 1.97 bits per heavy atom. The lowest BCUT2D eigenvalue weighted by Gasteiger charge is -2.29. The van der Waals surface area contributed by atoms with Crippen LogP contribution in [0.1, 0.15) is 51.0 Å². The van der Waals surface area contributed by atoms with Crippen molar-refractivity contribution in [2.75, 3.05) is 10.6 Å². The van der Waals surface area contributed by atoms with Gasteiger partial charge in [-0.1, -0.05) is 17.7 Å². The van der Waals surface area contributed by atoms with Crippen LogP contribution in [0.25, 0.3) is 11.2 Å². The molecule has 2 heterocycles. The molecule has 5 rings (SSSR count). The number of anilines is 3. The van der Waals surface area contributed by atoms with Gasteiger partial charge in [-0.15, -0.1) is 0 Å². The number of hydrogen-bond acceptors (Lipinski definition) is 7. The minimum Gasteiger partial charge on any atom is -0.391 e. The number of fused-ring (bicyclic) bond motifs is 1. The second-order valence-electron chi connectivity index (χ2n) is 9.09. The average molecular weight is 488 g/mol. The number of carbonyl (C=O) groups is 1. The van der Waals surface area contributed by atoms with E-state index in [0.717, 1.165) is 19.3 Å². The summed E-state index contributed by atoms with van der Waals surface area (Å²) < 4.78 is 16.5. The first kappa shape index (κ1) is 22.8. The number of aliphatic hydroxyl groups excluding tert-OH is 1. The van der Waals surface area contributed by atoms with Crippen LogP contribution in [0.5, 0.6) is 0 Å². The molecule has 2 aromatic heterocycles. The number of hydrogen-bond donors (Lipinski definition) is 4. The first-order chi connectivity index (χ1) is 16.4. The third-order valence-corrected chi connectivity index (χ3v) is 7.21. The summed E-state index contributed by atoms with van der Waals surface area (Å²) in [7, 11) is 0. The third kappa shape index (κ3) is 4.39. The number of imidazole rings is 1. The van der Waals surface area contributed by atoms with E-state index < -0.39 is 11.9 Å². The van der Waals surface area contributed by atoms with Crippen LogP contribution in [0.4, 0.5) is 22.0 Å². The van der Waals surface area contributed by atoms with Crippen LogP contribution >= 0.6 is 11.6 Å². The maximum atomic E-state index is 14.5. The van der Waals surface area contributed by atoms with Gasteiger partial charge in [0.15, 0.2) is 5.65 Å². The number of rotatable bonds is 6. The molecule has 11 heteroatoms. The van der Waals surface area contributed by atoms with Gasteiger partial charge < -0.3 is 21.5 Å². The summed E-state index contributed by atoms with van der Waals surface area (Å²) >= 11 is 6.25. The Balaban J connectivity index is 1.53. The Labute approximate surface area is 200 Å². The molecule has 2 atom stereocenters. The van der Waals surface area contributed by atoms with Crippen LogP contribution in [-0.4, -0.2) is 42.7 Å². The van der Waals surface area contributed by atoms with Crippen LogP contribution in [0, 0.1) is 11.7 Å². The summed E-state index contributed by atoms with van der Waals surface area (Å²) in [6, 6.07) is 4.35. The maximum Gasteiger partial charge on any atom is 0.225 e. The molecule has 3 aromatic rings. The highest BCUT2D eigenvalue weighted by molar-refractivity contribution is 6.33. The van der Waals surface area contributed by atoms with Crippen molar-refractivity contribution in [1.82, 2.24) is 19.5 Å². The van der Waals surface area contributed by atoms with Crippen molar-refractivity contribution < 1.29 is 14.3 Å². The Kier molecular flexibility index (Phi) is 6.26. The Hall–Kier alpha value is -2.98. The largest absolute Gasteiger partial charge is 0.391 e. The minimum absolute atomic E-state index is 0.0199. The first-order valence-corrected chi connectivity index (χ1v) is 12.0. The van der Waals surface area contributed by atoms with E-state index in [4.69, 9.17) is 22.3 Å². The van der Waals surface area contributed by atoms with Gasteiger partial charge in [-0.25, -0.2) is 14.4 Å². The molecule has 1 aromatic carbocycles. The highest BCUT2D eigenvalue weighted by Gasteiger charge is 2.30. The quantitative estimate of drug-likeness (QED) is 0.414. The molecule has 0 saturated heterocycles. The van der Waals surface area contributed by atoms with Crippen molar-refractivity contribution in [2.45, 2.75) is 63.1 Å². The average Bonchev–Trinajstić information content (AvgIpc) is 3.39. The molecule has 1 amide bonds. The second-order valence-corrected chi connectivity index (χ2v) is 9.49. The van der Waals surface area contributed by atoms with Crippen molar-refractivity contribution in [3.8, 4) is 0 Å². The number of primary amides is 1. The lowest BCUT2D eigenvalue weighted by Crippen LogP contribution is -2.29. The molecule has 5 N–H and O–H groups in total. The predicted octanol–water partition coefficient (Wildman–Crippen LogP) is 3.90. The molecule has 0 unspecified atom stereocenters.